The number of benzene rings is 2. The number of hydrogen-bond acceptors (Lipinski definition) is 5. The maximum Gasteiger partial charge on any atom is 0.273 e. The molecular formula is C23H26N2O4S. The molecule has 1 saturated heterocycles. The Morgan fingerprint density at radius 1 is 0.967 bits per heavy atom. The van der Waals surface area contributed by atoms with Crippen LogP contribution < -0.4 is 24.8 Å². The van der Waals surface area contributed by atoms with Crippen molar-refractivity contribution in [3.8, 4) is 17.2 Å². The van der Waals surface area contributed by atoms with Gasteiger partial charge in [0, 0.05) is 0 Å². The van der Waals surface area contributed by atoms with Crippen molar-refractivity contribution in [2.45, 2.75) is 26.2 Å². The van der Waals surface area contributed by atoms with E-state index in [0.29, 0.717) is 35.5 Å². The summed E-state index contributed by atoms with van der Waals surface area (Å²) in [5.74, 6) is 1.72. The summed E-state index contributed by atoms with van der Waals surface area (Å²) in [6, 6.07) is 13.6. The number of carbonyl (C=O) groups is 1. The predicted octanol–water partition coefficient (Wildman–Crippen LogP) is 3.80. The SMILES string of the molecule is COc1cc(C=C2NC(=S)NC2=O)ccc1OCCOc1ccc(C(C)(C)C)cc1. The lowest BCUT2D eigenvalue weighted by Gasteiger charge is -2.19. The van der Waals surface area contributed by atoms with E-state index >= 15 is 0 Å². The lowest BCUT2D eigenvalue weighted by atomic mass is 9.87. The topological polar surface area (TPSA) is 68.8 Å². The third-order valence-corrected chi connectivity index (χ3v) is 4.75. The molecule has 6 nitrogen and oxygen atoms in total. The van der Waals surface area contributed by atoms with Gasteiger partial charge in [0.15, 0.2) is 16.6 Å². The van der Waals surface area contributed by atoms with Crippen molar-refractivity contribution < 1.29 is 19.0 Å². The first-order valence-corrected chi connectivity index (χ1v) is 10.1. The minimum Gasteiger partial charge on any atom is -0.493 e. The molecular weight excluding hydrogens is 400 g/mol. The Kier molecular flexibility index (Phi) is 6.62. The van der Waals surface area contributed by atoms with E-state index in [4.69, 9.17) is 26.4 Å². The van der Waals surface area contributed by atoms with E-state index in [9.17, 15) is 4.79 Å². The van der Waals surface area contributed by atoms with E-state index in [0.717, 1.165) is 11.3 Å². The quantitative estimate of drug-likeness (QED) is 0.399. The van der Waals surface area contributed by atoms with Crippen LogP contribution in [-0.4, -0.2) is 31.3 Å². The van der Waals surface area contributed by atoms with Crippen molar-refractivity contribution >= 4 is 29.3 Å². The van der Waals surface area contributed by atoms with E-state index < -0.39 is 0 Å². The average molecular weight is 427 g/mol. The molecule has 1 heterocycles. The Hall–Kier alpha value is -3.06. The van der Waals surface area contributed by atoms with Gasteiger partial charge in [-0.3, -0.25) is 10.1 Å². The molecule has 1 fully saturated rings. The molecule has 0 saturated carbocycles. The normalized spacial score (nSPS) is 15.0. The van der Waals surface area contributed by atoms with Crippen LogP contribution in [0.25, 0.3) is 6.08 Å². The second-order valence-corrected chi connectivity index (χ2v) is 8.26. The lowest BCUT2D eigenvalue weighted by molar-refractivity contribution is -0.115. The number of carbonyl (C=O) groups excluding carboxylic acids is 1. The zero-order valence-corrected chi connectivity index (χ0v) is 18.4. The first-order valence-electron chi connectivity index (χ1n) is 9.64. The monoisotopic (exact) mass is 426 g/mol. The molecule has 3 rings (SSSR count). The summed E-state index contributed by atoms with van der Waals surface area (Å²) in [6.07, 6.45) is 1.70. The maximum atomic E-state index is 11.8. The fourth-order valence-electron chi connectivity index (χ4n) is 2.90. The van der Waals surface area contributed by atoms with Gasteiger partial charge in [0.05, 0.1) is 7.11 Å². The minimum atomic E-state index is -0.257. The number of thiocarbonyl (C=S) groups is 1. The summed E-state index contributed by atoms with van der Waals surface area (Å²) >= 11 is 4.94. The van der Waals surface area contributed by atoms with Crippen molar-refractivity contribution in [2.75, 3.05) is 20.3 Å². The molecule has 1 amide bonds. The molecule has 0 aromatic heterocycles. The molecule has 7 heteroatoms. The standard InChI is InChI=1S/C23H26N2O4S/c1-23(2,3)16-6-8-17(9-7-16)28-11-12-29-19-10-5-15(14-20(19)27-4)13-18-21(26)25-22(30)24-18/h5-10,13-14H,11-12H2,1-4H3,(H2,24,25,26,30). The van der Waals surface area contributed by atoms with E-state index in [1.54, 1.807) is 25.3 Å². The molecule has 158 valence electrons. The van der Waals surface area contributed by atoms with Gasteiger partial charge in [0.1, 0.15) is 24.7 Å². The van der Waals surface area contributed by atoms with Crippen molar-refractivity contribution in [1.29, 1.82) is 0 Å². The smallest absolute Gasteiger partial charge is 0.273 e. The second-order valence-electron chi connectivity index (χ2n) is 7.85. The zero-order chi connectivity index (χ0) is 21.7. The van der Waals surface area contributed by atoms with Crippen LogP contribution in [0, 0.1) is 0 Å². The van der Waals surface area contributed by atoms with Crippen LogP contribution >= 0.6 is 12.2 Å². The summed E-state index contributed by atoms with van der Waals surface area (Å²) in [4.78, 5) is 11.8. The van der Waals surface area contributed by atoms with Crippen LogP contribution in [0.2, 0.25) is 0 Å². The van der Waals surface area contributed by atoms with Crippen LogP contribution in [0.1, 0.15) is 31.9 Å². The van der Waals surface area contributed by atoms with Crippen LogP contribution in [0.3, 0.4) is 0 Å². The van der Waals surface area contributed by atoms with Crippen LogP contribution in [0.4, 0.5) is 0 Å². The average Bonchev–Trinajstić information content (AvgIpc) is 3.02. The van der Waals surface area contributed by atoms with Crippen molar-refractivity contribution in [3.05, 3.63) is 59.3 Å². The number of rotatable bonds is 7. The van der Waals surface area contributed by atoms with E-state index in [1.165, 1.54) is 5.56 Å². The Bertz CT molecular complexity index is 962. The molecule has 0 spiro atoms. The zero-order valence-electron chi connectivity index (χ0n) is 17.6. The molecule has 0 aliphatic carbocycles. The Morgan fingerprint density at radius 2 is 1.67 bits per heavy atom. The highest BCUT2D eigenvalue weighted by molar-refractivity contribution is 7.80. The van der Waals surface area contributed by atoms with E-state index in [1.807, 2.05) is 18.2 Å². The molecule has 0 bridgehead atoms. The van der Waals surface area contributed by atoms with Crippen LogP contribution in [-0.2, 0) is 10.2 Å². The molecule has 2 aromatic carbocycles. The first-order chi connectivity index (χ1) is 14.3. The summed E-state index contributed by atoms with van der Waals surface area (Å²) in [5.41, 5.74) is 2.56. The second kappa shape index (κ2) is 9.17. The molecule has 1 aliphatic rings. The fourth-order valence-corrected chi connectivity index (χ4v) is 3.11. The van der Waals surface area contributed by atoms with Gasteiger partial charge >= 0.3 is 0 Å². The van der Waals surface area contributed by atoms with Gasteiger partial charge in [0.25, 0.3) is 5.91 Å². The highest BCUT2D eigenvalue weighted by Crippen LogP contribution is 2.29. The van der Waals surface area contributed by atoms with Gasteiger partial charge < -0.3 is 19.5 Å². The van der Waals surface area contributed by atoms with Gasteiger partial charge in [-0.1, -0.05) is 39.0 Å². The van der Waals surface area contributed by atoms with Gasteiger partial charge in [-0.25, -0.2) is 0 Å². The molecule has 0 unspecified atom stereocenters. The molecule has 2 aromatic rings. The highest BCUT2D eigenvalue weighted by Gasteiger charge is 2.20. The Morgan fingerprint density at radius 3 is 2.27 bits per heavy atom. The summed E-state index contributed by atoms with van der Waals surface area (Å²) < 4.78 is 17.0. The van der Waals surface area contributed by atoms with Gasteiger partial charge in [-0.05, 0) is 59.1 Å². The van der Waals surface area contributed by atoms with Crippen LogP contribution in [0.5, 0.6) is 17.2 Å². The molecule has 30 heavy (non-hydrogen) atoms. The fraction of sp³-hybridized carbons (Fsp3) is 0.304. The van der Waals surface area contributed by atoms with Crippen LogP contribution in [0.15, 0.2) is 48.2 Å². The summed E-state index contributed by atoms with van der Waals surface area (Å²) in [7, 11) is 1.57. The van der Waals surface area contributed by atoms with Crippen molar-refractivity contribution in [1.82, 2.24) is 10.6 Å². The van der Waals surface area contributed by atoms with Gasteiger partial charge in [0.2, 0.25) is 0 Å². The Labute approximate surface area is 182 Å². The van der Waals surface area contributed by atoms with E-state index in [2.05, 4.69) is 43.5 Å². The lowest BCUT2D eigenvalue weighted by Crippen LogP contribution is -2.21. The number of hydrogen-bond donors (Lipinski definition) is 2. The predicted molar refractivity (Wildman–Crippen MR) is 121 cm³/mol. The molecule has 2 N–H and O–H groups in total. The number of nitrogens with one attached hydrogen (secondary N) is 2. The first kappa shape index (κ1) is 21.6. The van der Waals surface area contributed by atoms with E-state index in [-0.39, 0.29) is 11.3 Å². The molecule has 0 atom stereocenters. The number of amides is 1. The third kappa shape index (κ3) is 5.51. The van der Waals surface area contributed by atoms with Gasteiger partial charge in [-0.2, -0.15) is 0 Å². The minimum absolute atomic E-state index is 0.115. The highest BCUT2D eigenvalue weighted by atomic mass is 32.1. The number of methoxy groups -OCH3 is 1. The summed E-state index contributed by atoms with van der Waals surface area (Å²) in [6.45, 7) is 7.32. The van der Waals surface area contributed by atoms with Crippen molar-refractivity contribution in [3.63, 3.8) is 0 Å². The van der Waals surface area contributed by atoms with Gasteiger partial charge in [-0.15, -0.1) is 0 Å². The Balaban J connectivity index is 1.56. The molecule has 0 radical (unpaired) electrons. The maximum absolute atomic E-state index is 11.8. The van der Waals surface area contributed by atoms with Crippen molar-refractivity contribution in [2.24, 2.45) is 0 Å². The summed E-state index contributed by atoms with van der Waals surface area (Å²) in [5, 5.41) is 5.64. The molecule has 1 aliphatic heterocycles. The number of ether oxygens (including phenoxy) is 3. The third-order valence-electron chi connectivity index (χ3n) is 4.55. The largest absolute Gasteiger partial charge is 0.493 e.